The van der Waals surface area contributed by atoms with Crippen LogP contribution in [-0.4, -0.2) is 34.6 Å². The lowest BCUT2D eigenvalue weighted by atomic mass is 10.0. The summed E-state index contributed by atoms with van der Waals surface area (Å²) in [5.41, 5.74) is 1.42. The Morgan fingerprint density at radius 2 is 1.97 bits per heavy atom. The first-order valence-electron chi connectivity index (χ1n) is 12.3. The van der Waals surface area contributed by atoms with E-state index in [-0.39, 0.29) is 23.8 Å². The molecule has 184 valence electrons. The normalized spacial score (nSPS) is 19.9. The topological polar surface area (TPSA) is 91.6 Å². The van der Waals surface area contributed by atoms with Crippen molar-refractivity contribution in [3.8, 4) is 0 Å². The summed E-state index contributed by atoms with van der Waals surface area (Å²) in [6, 6.07) is 4.02. The van der Waals surface area contributed by atoms with Crippen molar-refractivity contribution in [3.63, 3.8) is 0 Å². The molecular formula is C26H35N3O4S. The first-order chi connectivity index (χ1) is 16.2. The molecular weight excluding hydrogens is 450 g/mol. The fourth-order valence-electron chi connectivity index (χ4n) is 4.96. The summed E-state index contributed by atoms with van der Waals surface area (Å²) in [7, 11) is 0. The van der Waals surface area contributed by atoms with Gasteiger partial charge in [-0.2, -0.15) is 0 Å². The van der Waals surface area contributed by atoms with E-state index in [1.165, 1.54) is 29.9 Å². The first kappa shape index (κ1) is 24.5. The third-order valence-corrected chi connectivity index (χ3v) is 7.97. The van der Waals surface area contributed by atoms with Crippen LogP contribution in [0.2, 0.25) is 0 Å². The Bertz CT molecular complexity index is 1090. The first-order valence-corrected chi connectivity index (χ1v) is 13.1. The average Bonchev–Trinajstić information content (AvgIpc) is 3.29. The van der Waals surface area contributed by atoms with Gasteiger partial charge < -0.3 is 19.9 Å². The Balaban J connectivity index is 1.52. The molecule has 34 heavy (non-hydrogen) atoms. The van der Waals surface area contributed by atoms with Gasteiger partial charge in [-0.1, -0.05) is 13.8 Å². The SMILES string of the molecule is Cc1ccn([C@H](CC(C)C)C(=O)N[C@H](CC(=O)O)c2csc(N3CC[C@H](C4CC4)C3)c2)c(=O)c1. The molecule has 0 bridgehead atoms. The minimum absolute atomic E-state index is 0.184. The fraction of sp³-hybridized carbons (Fsp3) is 0.577. The summed E-state index contributed by atoms with van der Waals surface area (Å²) < 4.78 is 1.46. The van der Waals surface area contributed by atoms with E-state index in [1.807, 2.05) is 38.3 Å². The number of anilines is 1. The molecule has 2 aromatic rings. The van der Waals surface area contributed by atoms with Crippen LogP contribution in [0.5, 0.6) is 0 Å². The van der Waals surface area contributed by atoms with Crippen LogP contribution in [0.1, 0.15) is 69.2 Å². The number of nitrogens with zero attached hydrogens (tertiary/aromatic N) is 2. The molecule has 3 atom stereocenters. The van der Waals surface area contributed by atoms with E-state index in [2.05, 4.69) is 10.2 Å². The molecule has 1 aliphatic carbocycles. The lowest BCUT2D eigenvalue weighted by Crippen LogP contribution is -2.40. The second-order valence-electron chi connectivity index (χ2n) is 10.3. The fourth-order valence-corrected chi connectivity index (χ4v) is 5.97. The van der Waals surface area contributed by atoms with Gasteiger partial charge in [0.25, 0.3) is 5.56 Å². The molecule has 2 aliphatic rings. The Kier molecular flexibility index (Phi) is 7.45. The van der Waals surface area contributed by atoms with Gasteiger partial charge in [0.1, 0.15) is 6.04 Å². The zero-order chi connectivity index (χ0) is 24.4. The van der Waals surface area contributed by atoms with Crippen LogP contribution in [0.25, 0.3) is 0 Å². The van der Waals surface area contributed by atoms with Crippen LogP contribution in [0.15, 0.2) is 34.6 Å². The van der Waals surface area contributed by atoms with Crippen molar-refractivity contribution in [2.75, 3.05) is 18.0 Å². The predicted molar refractivity (Wildman–Crippen MR) is 134 cm³/mol. The smallest absolute Gasteiger partial charge is 0.305 e. The Labute approximate surface area is 204 Å². The minimum Gasteiger partial charge on any atom is -0.481 e. The predicted octanol–water partition coefficient (Wildman–Crippen LogP) is 4.37. The van der Waals surface area contributed by atoms with Gasteiger partial charge in [-0.05, 0) is 79.0 Å². The van der Waals surface area contributed by atoms with E-state index in [4.69, 9.17) is 0 Å². The number of hydrogen-bond donors (Lipinski definition) is 2. The van der Waals surface area contributed by atoms with Gasteiger partial charge in [-0.15, -0.1) is 11.3 Å². The van der Waals surface area contributed by atoms with Crippen molar-refractivity contribution in [2.24, 2.45) is 17.8 Å². The quantitative estimate of drug-likeness (QED) is 0.521. The number of thiophene rings is 1. The Hall–Kier alpha value is -2.61. The molecule has 3 heterocycles. The summed E-state index contributed by atoms with van der Waals surface area (Å²) in [5.74, 6) is 0.537. The van der Waals surface area contributed by atoms with Crippen LogP contribution in [0.4, 0.5) is 5.00 Å². The zero-order valence-electron chi connectivity index (χ0n) is 20.2. The lowest BCUT2D eigenvalue weighted by molar-refractivity contribution is -0.138. The number of pyridine rings is 1. The highest BCUT2D eigenvalue weighted by Crippen LogP contribution is 2.43. The molecule has 4 rings (SSSR count). The van der Waals surface area contributed by atoms with Crippen molar-refractivity contribution in [1.82, 2.24) is 9.88 Å². The number of amides is 1. The Morgan fingerprint density at radius 3 is 2.62 bits per heavy atom. The molecule has 2 aromatic heterocycles. The molecule has 1 saturated heterocycles. The van der Waals surface area contributed by atoms with E-state index in [1.54, 1.807) is 17.5 Å². The molecule has 1 aliphatic heterocycles. The van der Waals surface area contributed by atoms with Crippen LogP contribution in [0.3, 0.4) is 0 Å². The molecule has 0 spiro atoms. The maximum Gasteiger partial charge on any atom is 0.305 e. The number of hydrogen-bond acceptors (Lipinski definition) is 5. The molecule has 0 unspecified atom stereocenters. The third kappa shape index (κ3) is 5.90. The molecule has 0 aromatic carbocycles. The number of carbonyl (C=O) groups excluding carboxylic acids is 1. The number of rotatable bonds is 10. The van der Waals surface area contributed by atoms with Gasteiger partial charge in [-0.3, -0.25) is 14.4 Å². The van der Waals surface area contributed by atoms with Gasteiger partial charge in [-0.25, -0.2) is 0 Å². The van der Waals surface area contributed by atoms with E-state index in [0.717, 1.165) is 41.1 Å². The van der Waals surface area contributed by atoms with E-state index in [9.17, 15) is 19.5 Å². The molecule has 1 saturated carbocycles. The lowest BCUT2D eigenvalue weighted by Gasteiger charge is -2.24. The number of aryl methyl sites for hydroxylation is 1. The number of carboxylic acid groups (broad SMARTS) is 1. The van der Waals surface area contributed by atoms with Crippen LogP contribution in [-0.2, 0) is 9.59 Å². The van der Waals surface area contributed by atoms with Crippen molar-refractivity contribution in [1.29, 1.82) is 0 Å². The highest BCUT2D eigenvalue weighted by molar-refractivity contribution is 7.14. The third-order valence-electron chi connectivity index (χ3n) is 6.97. The van der Waals surface area contributed by atoms with E-state index < -0.39 is 18.1 Å². The second-order valence-corrected chi connectivity index (χ2v) is 11.2. The Morgan fingerprint density at radius 1 is 1.21 bits per heavy atom. The summed E-state index contributed by atoms with van der Waals surface area (Å²) >= 11 is 1.61. The molecule has 2 fully saturated rings. The van der Waals surface area contributed by atoms with Crippen molar-refractivity contribution < 1.29 is 14.7 Å². The molecule has 2 N–H and O–H groups in total. The highest BCUT2D eigenvalue weighted by Gasteiger charge is 2.36. The number of nitrogens with one attached hydrogen (secondary N) is 1. The molecule has 0 radical (unpaired) electrons. The van der Waals surface area contributed by atoms with Crippen LogP contribution >= 0.6 is 11.3 Å². The largest absolute Gasteiger partial charge is 0.481 e. The van der Waals surface area contributed by atoms with Crippen LogP contribution in [0, 0.1) is 24.7 Å². The standard InChI is InChI=1S/C26H35N3O4S/c1-16(2)10-22(29-9-6-17(3)11-23(29)30)26(33)27-21(13-25(31)32)20-12-24(34-15-20)28-8-7-19(14-28)18-4-5-18/h6,9,11-12,15-16,18-19,21-22H,4-5,7-8,10,13-14H2,1-3H3,(H,27,33)(H,31,32)/t19-,21+,22+/m0/s1. The monoisotopic (exact) mass is 485 g/mol. The summed E-state index contributed by atoms with van der Waals surface area (Å²) in [6.45, 7) is 7.94. The number of aromatic nitrogens is 1. The maximum absolute atomic E-state index is 13.4. The average molecular weight is 486 g/mol. The van der Waals surface area contributed by atoms with Gasteiger partial charge in [0.05, 0.1) is 17.5 Å². The molecule has 7 nitrogen and oxygen atoms in total. The van der Waals surface area contributed by atoms with Gasteiger partial charge in [0.2, 0.25) is 5.91 Å². The van der Waals surface area contributed by atoms with Crippen LogP contribution < -0.4 is 15.8 Å². The molecule has 1 amide bonds. The van der Waals surface area contributed by atoms with Gasteiger partial charge in [0.15, 0.2) is 0 Å². The van der Waals surface area contributed by atoms with E-state index >= 15 is 0 Å². The number of aliphatic carboxylic acids is 1. The molecule has 8 heteroatoms. The minimum atomic E-state index is -0.971. The summed E-state index contributed by atoms with van der Waals surface area (Å²) in [6.07, 6.45) is 5.85. The van der Waals surface area contributed by atoms with Crippen molar-refractivity contribution in [3.05, 3.63) is 51.3 Å². The number of carboxylic acids is 1. The summed E-state index contributed by atoms with van der Waals surface area (Å²) in [5, 5.41) is 15.6. The van der Waals surface area contributed by atoms with Gasteiger partial charge >= 0.3 is 5.97 Å². The highest BCUT2D eigenvalue weighted by atomic mass is 32.1. The second kappa shape index (κ2) is 10.3. The summed E-state index contributed by atoms with van der Waals surface area (Å²) in [4.78, 5) is 40.1. The maximum atomic E-state index is 13.4. The number of carbonyl (C=O) groups is 2. The van der Waals surface area contributed by atoms with E-state index in [0.29, 0.717) is 6.42 Å². The zero-order valence-corrected chi connectivity index (χ0v) is 21.0. The van der Waals surface area contributed by atoms with Crippen molar-refractivity contribution in [2.45, 2.75) is 65.0 Å². The van der Waals surface area contributed by atoms with Crippen molar-refractivity contribution >= 4 is 28.2 Å². The van der Waals surface area contributed by atoms with Gasteiger partial charge in [0, 0.05) is 25.4 Å².